The first-order valence-electron chi connectivity index (χ1n) is 12.8. The Morgan fingerprint density at radius 1 is 1.14 bits per heavy atom. The normalized spacial score (nSPS) is 23.7. The molecule has 3 fully saturated rings. The monoisotopic (exact) mass is 471 g/mol. The van der Waals surface area contributed by atoms with Gasteiger partial charge in [-0.3, -0.25) is 9.59 Å². The van der Waals surface area contributed by atoms with E-state index >= 15 is 0 Å². The molecule has 2 saturated heterocycles. The third-order valence-electron chi connectivity index (χ3n) is 7.94. The van der Waals surface area contributed by atoms with E-state index in [1.54, 1.807) is 12.0 Å². The van der Waals surface area contributed by atoms with E-state index in [2.05, 4.69) is 35.7 Å². The molecule has 4 aliphatic rings. The third kappa shape index (κ3) is 5.03. The molecule has 0 aromatic heterocycles. The van der Waals surface area contributed by atoms with Crippen LogP contribution in [0.5, 0.6) is 0 Å². The van der Waals surface area contributed by atoms with Gasteiger partial charge in [-0.25, -0.2) is 0 Å². The maximum Gasteiger partial charge on any atom is 0.231 e. The maximum absolute atomic E-state index is 12.9. The average molecular weight is 472 g/mol. The SMILES string of the molecule is COCCN1C(=O)Cc2ccc(-c3ccc(C[C@@H](C#N)CC(=O)[C@H]4NC5CCC4CC5)cc3)cc21. The summed E-state index contributed by atoms with van der Waals surface area (Å²) in [5.41, 5.74) is 5.19. The fraction of sp³-hybridized carbons (Fsp3) is 0.483. The van der Waals surface area contributed by atoms with Crippen molar-refractivity contribution in [2.24, 2.45) is 11.8 Å². The standard InChI is InChI=1S/C29H33N3O3/c1-35-13-12-32-26-16-23(6-7-24(26)17-28(32)34)21-4-2-19(3-5-21)14-20(18-30)15-27(33)29-22-8-10-25(31-29)11-9-22/h2-7,16,20,22,25,29,31H,8-15,17H2,1H3/t20-,22?,25?,29+/m1/s1. The lowest BCUT2D eigenvalue weighted by Crippen LogP contribution is -2.56. The van der Waals surface area contributed by atoms with E-state index in [0.29, 0.717) is 44.4 Å². The third-order valence-corrected chi connectivity index (χ3v) is 7.94. The molecule has 6 nitrogen and oxygen atoms in total. The number of hydrogen-bond donors (Lipinski definition) is 1. The van der Waals surface area contributed by atoms with E-state index in [4.69, 9.17) is 4.74 Å². The van der Waals surface area contributed by atoms with Crippen LogP contribution in [0.2, 0.25) is 0 Å². The highest BCUT2D eigenvalue weighted by Gasteiger charge is 2.39. The van der Waals surface area contributed by atoms with Crippen LogP contribution in [-0.4, -0.2) is 44.0 Å². The Balaban J connectivity index is 1.24. The highest BCUT2D eigenvalue weighted by atomic mass is 16.5. The first-order chi connectivity index (χ1) is 17.1. The fourth-order valence-electron chi connectivity index (χ4n) is 5.98. The number of hydrogen-bond acceptors (Lipinski definition) is 5. The summed E-state index contributed by atoms with van der Waals surface area (Å²) in [6.45, 7) is 1.06. The average Bonchev–Trinajstić information content (AvgIpc) is 3.21. The number of ether oxygens (including phenoxy) is 1. The van der Waals surface area contributed by atoms with Crippen LogP contribution in [0.3, 0.4) is 0 Å². The van der Waals surface area contributed by atoms with Crippen LogP contribution < -0.4 is 10.2 Å². The molecule has 3 aliphatic heterocycles. The van der Waals surface area contributed by atoms with Crippen molar-refractivity contribution in [3.63, 3.8) is 0 Å². The van der Waals surface area contributed by atoms with Crippen molar-refractivity contribution < 1.29 is 14.3 Å². The van der Waals surface area contributed by atoms with Gasteiger partial charge in [0.05, 0.1) is 31.1 Å². The summed E-state index contributed by atoms with van der Waals surface area (Å²) in [4.78, 5) is 27.1. The highest BCUT2D eigenvalue weighted by molar-refractivity contribution is 6.02. The molecule has 182 valence electrons. The van der Waals surface area contributed by atoms with Crippen molar-refractivity contribution in [2.75, 3.05) is 25.2 Å². The Labute approximate surface area is 207 Å². The molecule has 2 atom stereocenters. The summed E-state index contributed by atoms with van der Waals surface area (Å²) < 4.78 is 5.17. The van der Waals surface area contributed by atoms with Crippen LogP contribution >= 0.6 is 0 Å². The molecular weight excluding hydrogens is 438 g/mol. The number of nitriles is 1. The largest absolute Gasteiger partial charge is 0.383 e. The predicted octanol–water partition coefficient (Wildman–Crippen LogP) is 4.06. The molecule has 1 amide bonds. The number of nitrogens with zero attached hydrogens (tertiary/aromatic N) is 2. The van der Waals surface area contributed by atoms with E-state index in [9.17, 15) is 14.9 Å². The van der Waals surface area contributed by atoms with Gasteiger partial charge in [0.2, 0.25) is 5.91 Å². The Bertz CT molecular complexity index is 1130. The van der Waals surface area contributed by atoms with Crippen LogP contribution in [0.4, 0.5) is 5.69 Å². The highest BCUT2D eigenvalue weighted by Crippen LogP contribution is 2.35. The second kappa shape index (κ2) is 10.3. The van der Waals surface area contributed by atoms with Crippen molar-refractivity contribution in [3.05, 3.63) is 53.6 Å². The lowest BCUT2D eigenvalue weighted by molar-refractivity contribution is -0.125. The molecule has 3 heterocycles. The lowest BCUT2D eigenvalue weighted by Gasteiger charge is -2.43. The van der Waals surface area contributed by atoms with E-state index in [-0.39, 0.29) is 23.7 Å². The van der Waals surface area contributed by atoms with E-state index in [0.717, 1.165) is 40.8 Å². The molecule has 35 heavy (non-hydrogen) atoms. The first kappa shape index (κ1) is 23.7. The number of nitrogens with one attached hydrogen (secondary N) is 1. The number of rotatable bonds is 9. The molecule has 0 spiro atoms. The van der Waals surface area contributed by atoms with Crippen molar-refractivity contribution in [3.8, 4) is 17.2 Å². The summed E-state index contributed by atoms with van der Waals surface area (Å²) in [5, 5.41) is 13.2. The Hall–Kier alpha value is -3.01. The van der Waals surface area contributed by atoms with Gasteiger partial charge in [-0.2, -0.15) is 5.26 Å². The quantitative estimate of drug-likeness (QED) is 0.596. The second-order valence-electron chi connectivity index (χ2n) is 10.2. The van der Waals surface area contributed by atoms with Gasteiger partial charge in [-0.1, -0.05) is 36.4 Å². The van der Waals surface area contributed by atoms with Crippen LogP contribution in [0.25, 0.3) is 11.1 Å². The number of fused-ring (bicyclic) bond motifs is 4. The Morgan fingerprint density at radius 3 is 2.54 bits per heavy atom. The molecule has 1 aliphatic carbocycles. The number of Topliss-reactive ketones (excluding diaryl/α,β-unsaturated/α-hetero) is 1. The summed E-state index contributed by atoms with van der Waals surface area (Å²) in [7, 11) is 1.64. The van der Waals surface area contributed by atoms with Crippen LogP contribution in [-0.2, 0) is 27.2 Å². The number of anilines is 1. The first-order valence-corrected chi connectivity index (χ1v) is 12.8. The van der Waals surface area contributed by atoms with Gasteiger partial charge in [-0.15, -0.1) is 0 Å². The topological polar surface area (TPSA) is 82.4 Å². The lowest BCUT2D eigenvalue weighted by atomic mass is 9.74. The zero-order valence-electron chi connectivity index (χ0n) is 20.3. The molecular formula is C29H33N3O3. The zero-order chi connectivity index (χ0) is 24.4. The molecule has 0 radical (unpaired) electrons. The molecule has 6 rings (SSSR count). The van der Waals surface area contributed by atoms with Crippen LogP contribution in [0.15, 0.2) is 42.5 Å². The fourth-order valence-corrected chi connectivity index (χ4v) is 5.98. The summed E-state index contributed by atoms with van der Waals surface area (Å²) in [6, 6.07) is 17.2. The van der Waals surface area contributed by atoms with E-state index in [1.807, 2.05) is 18.2 Å². The number of carbonyl (C=O) groups is 2. The summed E-state index contributed by atoms with van der Waals surface area (Å²) in [5.74, 6) is 0.446. The Kier molecular flexibility index (Phi) is 6.99. The van der Waals surface area contributed by atoms with Gasteiger partial charge in [0.1, 0.15) is 0 Å². The number of piperidine rings is 2. The van der Waals surface area contributed by atoms with Crippen LogP contribution in [0, 0.1) is 23.2 Å². The maximum atomic E-state index is 12.9. The van der Waals surface area contributed by atoms with Gasteiger partial charge in [0, 0.05) is 31.8 Å². The molecule has 2 bridgehead atoms. The molecule has 1 N–H and O–H groups in total. The molecule has 0 unspecified atom stereocenters. The minimum atomic E-state index is -0.309. The number of amides is 1. The summed E-state index contributed by atoms with van der Waals surface area (Å²) in [6.07, 6.45) is 5.94. The molecule has 6 heteroatoms. The van der Waals surface area contributed by atoms with Crippen molar-refractivity contribution in [1.29, 1.82) is 5.26 Å². The van der Waals surface area contributed by atoms with Crippen molar-refractivity contribution in [2.45, 2.75) is 57.0 Å². The number of benzene rings is 2. The molecule has 2 aromatic rings. The van der Waals surface area contributed by atoms with Crippen molar-refractivity contribution in [1.82, 2.24) is 5.32 Å². The Morgan fingerprint density at radius 2 is 1.89 bits per heavy atom. The second-order valence-corrected chi connectivity index (χ2v) is 10.2. The van der Waals surface area contributed by atoms with Gasteiger partial charge < -0.3 is 15.0 Å². The number of ketones is 1. The van der Waals surface area contributed by atoms with Crippen molar-refractivity contribution >= 4 is 17.4 Å². The van der Waals surface area contributed by atoms with Gasteiger partial charge in [0.25, 0.3) is 0 Å². The van der Waals surface area contributed by atoms with E-state index < -0.39 is 0 Å². The summed E-state index contributed by atoms with van der Waals surface area (Å²) >= 11 is 0. The van der Waals surface area contributed by atoms with Gasteiger partial charge in [-0.05, 0) is 66.3 Å². The van der Waals surface area contributed by atoms with E-state index in [1.165, 1.54) is 12.8 Å². The minimum Gasteiger partial charge on any atom is -0.383 e. The smallest absolute Gasteiger partial charge is 0.231 e. The predicted molar refractivity (Wildman–Crippen MR) is 135 cm³/mol. The van der Waals surface area contributed by atoms with Gasteiger partial charge in [0.15, 0.2) is 5.78 Å². The molecule has 1 saturated carbocycles. The number of carbonyl (C=O) groups excluding carboxylic acids is 2. The number of methoxy groups -OCH3 is 1. The minimum absolute atomic E-state index is 0.0594. The van der Waals surface area contributed by atoms with Crippen LogP contribution in [0.1, 0.15) is 43.2 Å². The van der Waals surface area contributed by atoms with Gasteiger partial charge >= 0.3 is 0 Å². The molecule has 2 aromatic carbocycles. The zero-order valence-corrected chi connectivity index (χ0v) is 20.3.